The smallest absolute Gasteiger partial charge is 0.147 e. The van der Waals surface area contributed by atoms with Crippen molar-refractivity contribution in [3.8, 4) is 0 Å². The average molecular weight is 301 g/mol. The summed E-state index contributed by atoms with van der Waals surface area (Å²) in [6, 6.07) is 2.05. The van der Waals surface area contributed by atoms with E-state index in [9.17, 15) is 0 Å². The maximum atomic E-state index is 4.66. The van der Waals surface area contributed by atoms with Crippen LogP contribution in [0.5, 0.6) is 0 Å². The number of anilines is 1. The van der Waals surface area contributed by atoms with Crippen LogP contribution in [0.4, 0.5) is 5.82 Å². The fourth-order valence-electron chi connectivity index (χ4n) is 2.61. The summed E-state index contributed by atoms with van der Waals surface area (Å²) < 4.78 is 2.10. The Hall–Kier alpha value is -2.06. The van der Waals surface area contributed by atoms with Crippen LogP contribution in [0.2, 0.25) is 0 Å². The maximum Gasteiger partial charge on any atom is 0.147 e. The summed E-state index contributed by atoms with van der Waals surface area (Å²) in [5.74, 6) is 2.76. The summed E-state index contributed by atoms with van der Waals surface area (Å²) in [7, 11) is 1.90. The highest BCUT2D eigenvalue weighted by atomic mass is 32.1. The summed E-state index contributed by atoms with van der Waals surface area (Å²) in [6.07, 6.45) is 1.79. The molecule has 1 aliphatic heterocycles. The van der Waals surface area contributed by atoms with Crippen LogP contribution in [0, 0.1) is 0 Å². The molecule has 0 unspecified atom stereocenters. The summed E-state index contributed by atoms with van der Waals surface area (Å²) in [6.45, 7) is 3.41. The number of fused-ring (bicyclic) bond motifs is 2. The Morgan fingerprint density at radius 2 is 2.29 bits per heavy atom. The van der Waals surface area contributed by atoms with Crippen molar-refractivity contribution in [2.45, 2.75) is 19.6 Å². The molecule has 3 aromatic rings. The number of thiophene rings is 1. The van der Waals surface area contributed by atoms with Crippen molar-refractivity contribution in [3.63, 3.8) is 0 Å². The molecule has 0 radical (unpaired) electrons. The lowest BCUT2D eigenvalue weighted by atomic mass is 10.3. The first-order valence-corrected chi connectivity index (χ1v) is 7.72. The van der Waals surface area contributed by atoms with Gasteiger partial charge in [0.05, 0.1) is 18.5 Å². The van der Waals surface area contributed by atoms with Crippen LogP contribution in [0.1, 0.15) is 11.6 Å². The zero-order valence-electron chi connectivity index (χ0n) is 11.7. The van der Waals surface area contributed by atoms with Gasteiger partial charge in [-0.15, -0.1) is 21.5 Å². The third-order valence-electron chi connectivity index (χ3n) is 3.69. The predicted octanol–water partition coefficient (Wildman–Crippen LogP) is 1.34. The standard InChI is InChI=1S/C13H15N7S/c1-14-12-9-2-5-21-13(9)17-10(16-12)6-19-3-4-20-8-15-18-11(20)7-19/h2,5,8H,3-4,6-7H2,1H3,(H,14,16,17). The number of nitrogens with zero attached hydrogens (tertiary/aromatic N) is 6. The number of aromatic nitrogens is 5. The van der Waals surface area contributed by atoms with Crippen molar-refractivity contribution in [2.24, 2.45) is 0 Å². The minimum absolute atomic E-state index is 0.732. The molecule has 7 nitrogen and oxygen atoms in total. The molecule has 0 spiro atoms. The average Bonchev–Trinajstić information content (AvgIpc) is 3.14. The van der Waals surface area contributed by atoms with Gasteiger partial charge in [-0.25, -0.2) is 9.97 Å². The normalized spacial score (nSPS) is 15.3. The second-order valence-electron chi connectivity index (χ2n) is 5.03. The van der Waals surface area contributed by atoms with E-state index in [1.54, 1.807) is 17.7 Å². The first-order valence-electron chi connectivity index (χ1n) is 6.84. The Balaban J connectivity index is 1.60. The molecule has 0 saturated carbocycles. The zero-order chi connectivity index (χ0) is 14.2. The molecule has 21 heavy (non-hydrogen) atoms. The third-order valence-corrected chi connectivity index (χ3v) is 4.50. The minimum Gasteiger partial charge on any atom is -0.372 e. The number of nitrogens with one attached hydrogen (secondary N) is 1. The van der Waals surface area contributed by atoms with E-state index in [1.807, 2.05) is 12.4 Å². The van der Waals surface area contributed by atoms with Crippen LogP contribution in [-0.4, -0.2) is 43.2 Å². The van der Waals surface area contributed by atoms with E-state index < -0.39 is 0 Å². The molecule has 0 atom stereocenters. The fourth-order valence-corrected chi connectivity index (χ4v) is 3.39. The van der Waals surface area contributed by atoms with E-state index >= 15 is 0 Å². The maximum absolute atomic E-state index is 4.66. The SMILES string of the molecule is CNc1nc(CN2CCn3cnnc3C2)nc2sccc12. The second kappa shape index (κ2) is 5.05. The summed E-state index contributed by atoms with van der Waals surface area (Å²) in [4.78, 5) is 12.6. The van der Waals surface area contributed by atoms with Crippen molar-refractivity contribution in [3.05, 3.63) is 29.4 Å². The van der Waals surface area contributed by atoms with E-state index in [4.69, 9.17) is 0 Å². The van der Waals surface area contributed by atoms with Crippen LogP contribution in [0.3, 0.4) is 0 Å². The molecular weight excluding hydrogens is 286 g/mol. The number of hydrogen-bond acceptors (Lipinski definition) is 7. The van der Waals surface area contributed by atoms with Crippen molar-refractivity contribution in [2.75, 3.05) is 18.9 Å². The Bertz CT molecular complexity index is 778. The van der Waals surface area contributed by atoms with Crippen LogP contribution in [0.15, 0.2) is 17.8 Å². The molecule has 1 aliphatic rings. The Labute approximate surface area is 125 Å². The zero-order valence-corrected chi connectivity index (χ0v) is 12.5. The van der Waals surface area contributed by atoms with Gasteiger partial charge < -0.3 is 9.88 Å². The molecule has 4 rings (SSSR count). The topological polar surface area (TPSA) is 71.8 Å². The first kappa shape index (κ1) is 12.7. The largest absolute Gasteiger partial charge is 0.372 e. The van der Waals surface area contributed by atoms with Gasteiger partial charge in [-0.05, 0) is 11.4 Å². The van der Waals surface area contributed by atoms with Gasteiger partial charge in [0.25, 0.3) is 0 Å². The lowest BCUT2D eigenvalue weighted by Crippen LogP contribution is -2.33. The van der Waals surface area contributed by atoms with Crippen molar-refractivity contribution < 1.29 is 0 Å². The molecule has 4 heterocycles. The van der Waals surface area contributed by atoms with Crippen molar-refractivity contribution >= 4 is 27.4 Å². The van der Waals surface area contributed by atoms with Gasteiger partial charge in [0, 0.05) is 20.1 Å². The molecule has 8 heteroatoms. The van der Waals surface area contributed by atoms with E-state index in [1.165, 1.54) is 0 Å². The minimum atomic E-state index is 0.732. The van der Waals surface area contributed by atoms with E-state index in [0.717, 1.165) is 53.9 Å². The van der Waals surface area contributed by atoms with Gasteiger partial charge >= 0.3 is 0 Å². The monoisotopic (exact) mass is 301 g/mol. The molecular formula is C13H15N7S. The Morgan fingerprint density at radius 3 is 3.19 bits per heavy atom. The van der Waals surface area contributed by atoms with Gasteiger partial charge in [0.15, 0.2) is 0 Å². The fraction of sp³-hybridized carbons (Fsp3) is 0.385. The molecule has 1 N–H and O–H groups in total. The van der Waals surface area contributed by atoms with Crippen molar-refractivity contribution in [1.29, 1.82) is 0 Å². The van der Waals surface area contributed by atoms with Crippen LogP contribution < -0.4 is 5.32 Å². The van der Waals surface area contributed by atoms with E-state index in [0.29, 0.717) is 0 Å². The highest BCUT2D eigenvalue weighted by Gasteiger charge is 2.19. The van der Waals surface area contributed by atoms with Gasteiger partial charge in [-0.3, -0.25) is 4.90 Å². The first-order chi connectivity index (χ1) is 10.3. The quantitative estimate of drug-likeness (QED) is 0.787. The van der Waals surface area contributed by atoms with Gasteiger partial charge in [-0.2, -0.15) is 0 Å². The summed E-state index contributed by atoms with van der Waals surface area (Å²) in [5, 5.41) is 14.4. The van der Waals surface area contributed by atoms with Crippen LogP contribution >= 0.6 is 11.3 Å². The summed E-state index contributed by atoms with van der Waals surface area (Å²) >= 11 is 1.65. The number of hydrogen-bond donors (Lipinski definition) is 1. The van der Waals surface area contributed by atoms with Crippen LogP contribution in [0.25, 0.3) is 10.2 Å². The lowest BCUT2D eigenvalue weighted by Gasteiger charge is -2.26. The molecule has 0 aromatic carbocycles. The second-order valence-corrected chi connectivity index (χ2v) is 5.92. The molecule has 0 fully saturated rings. The van der Waals surface area contributed by atoms with Gasteiger partial charge in [0.2, 0.25) is 0 Å². The molecule has 3 aromatic heterocycles. The predicted molar refractivity (Wildman–Crippen MR) is 81.1 cm³/mol. The highest BCUT2D eigenvalue weighted by Crippen LogP contribution is 2.25. The Morgan fingerprint density at radius 1 is 1.33 bits per heavy atom. The lowest BCUT2D eigenvalue weighted by molar-refractivity contribution is 0.204. The molecule has 0 saturated heterocycles. The number of rotatable bonds is 3. The van der Waals surface area contributed by atoms with Crippen LogP contribution in [-0.2, 0) is 19.6 Å². The van der Waals surface area contributed by atoms with Gasteiger partial charge in [0.1, 0.15) is 28.6 Å². The molecule has 0 bridgehead atoms. The van der Waals surface area contributed by atoms with Gasteiger partial charge in [-0.1, -0.05) is 0 Å². The van der Waals surface area contributed by atoms with E-state index in [2.05, 4.69) is 41.0 Å². The third kappa shape index (κ3) is 2.26. The Kier molecular flexibility index (Phi) is 3.04. The molecule has 0 aliphatic carbocycles. The molecule has 108 valence electrons. The van der Waals surface area contributed by atoms with Crippen molar-refractivity contribution in [1.82, 2.24) is 29.6 Å². The summed E-state index contributed by atoms with van der Waals surface area (Å²) in [5.41, 5.74) is 0. The molecule has 0 amide bonds. The highest BCUT2D eigenvalue weighted by molar-refractivity contribution is 7.16. The van der Waals surface area contributed by atoms with E-state index in [-0.39, 0.29) is 0 Å².